The largest absolute Gasteiger partial charge is 0.481 e. The summed E-state index contributed by atoms with van der Waals surface area (Å²) in [7, 11) is 0. The number of carboxylic acid groups (broad SMARTS) is 1. The van der Waals surface area contributed by atoms with Gasteiger partial charge in [-0.05, 0) is 24.3 Å². The number of nitrogens with two attached hydrogens (primary N) is 1. The SMILES string of the molecule is C#C[C@H](CC(=O)O)NC(=O)CCC(=O)Nc1ccc(C(=N)N)cc1. The van der Waals surface area contributed by atoms with E-state index in [2.05, 4.69) is 16.6 Å². The Morgan fingerprint density at radius 2 is 1.79 bits per heavy atom. The maximum absolute atomic E-state index is 11.8. The van der Waals surface area contributed by atoms with E-state index in [-0.39, 0.29) is 31.0 Å². The molecule has 8 heteroatoms. The number of hydrogen-bond acceptors (Lipinski definition) is 4. The summed E-state index contributed by atoms with van der Waals surface area (Å²) in [4.78, 5) is 34.0. The minimum Gasteiger partial charge on any atom is -0.481 e. The summed E-state index contributed by atoms with van der Waals surface area (Å²) in [5.74, 6) is 0.0926. The second-order valence-electron chi connectivity index (χ2n) is 4.92. The Morgan fingerprint density at radius 1 is 1.21 bits per heavy atom. The van der Waals surface area contributed by atoms with Gasteiger partial charge in [-0.25, -0.2) is 0 Å². The number of benzene rings is 1. The van der Waals surface area contributed by atoms with Crippen molar-refractivity contribution in [2.24, 2.45) is 5.73 Å². The smallest absolute Gasteiger partial charge is 0.306 e. The highest BCUT2D eigenvalue weighted by molar-refractivity contribution is 5.96. The first-order valence-electron chi connectivity index (χ1n) is 7.03. The van der Waals surface area contributed by atoms with Crippen LogP contribution in [-0.4, -0.2) is 34.8 Å². The number of hydrogen-bond donors (Lipinski definition) is 5. The van der Waals surface area contributed by atoms with Gasteiger partial charge in [0.1, 0.15) is 11.9 Å². The summed E-state index contributed by atoms with van der Waals surface area (Å²) in [6.07, 6.45) is 4.56. The third-order valence-corrected chi connectivity index (χ3v) is 2.97. The van der Waals surface area contributed by atoms with Crippen LogP contribution >= 0.6 is 0 Å². The molecule has 0 spiro atoms. The monoisotopic (exact) mass is 330 g/mol. The lowest BCUT2D eigenvalue weighted by atomic mass is 10.2. The molecule has 24 heavy (non-hydrogen) atoms. The molecule has 2 amide bonds. The Kier molecular flexibility index (Phi) is 6.97. The van der Waals surface area contributed by atoms with Crippen LogP contribution in [0.15, 0.2) is 24.3 Å². The van der Waals surface area contributed by atoms with E-state index < -0.39 is 17.9 Å². The fraction of sp³-hybridized carbons (Fsp3) is 0.250. The molecule has 0 aliphatic carbocycles. The predicted octanol–water partition coefficient (Wildman–Crippen LogP) is 0.282. The zero-order valence-electron chi connectivity index (χ0n) is 12.8. The van der Waals surface area contributed by atoms with Crippen molar-refractivity contribution in [2.75, 3.05) is 5.32 Å². The minimum atomic E-state index is -1.12. The fourth-order valence-electron chi connectivity index (χ4n) is 1.78. The molecule has 1 aromatic carbocycles. The van der Waals surface area contributed by atoms with Gasteiger partial charge in [-0.2, -0.15) is 0 Å². The summed E-state index contributed by atoms with van der Waals surface area (Å²) in [6, 6.07) is 5.46. The molecule has 1 rings (SSSR count). The van der Waals surface area contributed by atoms with Crippen LogP contribution in [0.5, 0.6) is 0 Å². The van der Waals surface area contributed by atoms with Crippen molar-refractivity contribution in [3.8, 4) is 12.3 Å². The van der Waals surface area contributed by atoms with E-state index in [0.717, 1.165) is 0 Å². The summed E-state index contributed by atoms with van der Waals surface area (Å²) < 4.78 is 0. The number of nitrogen functional groups attached to an aromatic ring is 1. The number of amidine groups is 1. The first-order valence-corrected chi connectivity index (χ1v) is 7.03. The maximum atomic E-state index is 11.8. The molecule has 0 heterocycles. The average Bonchev–Trinajstić information content (AvgIpc) is 2.52. The molecular formula is C16H18N4O4. The highest BCUT2D eigenvalue weighted by Gasteiger charge is 2.14. The molecule has 126 valence electrons. The molecule has 1 atom stereocenters. The number of anilines is 1. The number of nitrogens with one attached hydrogen (secondary N) is 3. The summed E-state index contributed by atoms with van der Waals surface area (Å²) in [5, 5.41) is 20.9. The van der Waals surface area contributed by atoms with Gasteiger partial charge in [0.2, 0.25) is 11.8 Å². The van der Waals surface area contributed by atoms with Crippen LogP contribution < -0.4 is 16.4 Å². The third kappa shape index (κ3) is 6.62. The molecule has 0 saturated carbocycles. The lowest BCUT2D eigenvalue weighted by Crippen LogP contribution is -2.35. The van der Waals surface area contributed by atoms with Crippen molar-refractivity contribution in [3.05, 3.63) is 29.8 Å². The molecule has 0 fully saturated rings. The molecular weight excluding hydrogens is 312 g/mol. The molecule has 0 radical (unpaired) electrons. The van der Waals surface area contributed by atoms with Gasteiger partial charge in [0.15, 0.2) is 0 Å². The number of carboxylic acids is 1. The maximum Gasteiger partial charge on any atom is 0.306 e. The summed E-state index contributed by atoms with van der Waals surface area (Å²) in [5.41, 5.74) is 6.37. The molecule has 8 nitrogen and oxygen atoms in total. The van der Waals surface area contributed by atoms with Crippen molar-refractivity contribution in [1.29, 1.82) is 5.41 Å². The van der Waals surface area contributed by atoms with Gasteiger partial charge >= 0.3 is 5.97 Å². The fourth-order valence-corrected chi connectivity index (χ4v) is 1.78. The van der Waals surface area contributed by atoms with E-state index in [1.54, 1.807) is 24.3 Å². The number of carbonyl (C=O) groups excluding carboxylic acids is 2. The van der Waals surface area contributed by atoms with Crippen LogP contribution in [0.4, 0.5) is 5.69 Å². The molecule has 0 aromatic heterocycles. The molecule has 0 saturated heterocycles. The molecule has 0 aliphatic rings. The highest BCUT2D eigenvalue weighted by atomic mass is 16.4. The van der Waals surface area contributed by atoms with Gasteiger partial charge in [-0.1, -0.05) is 5.92 Å². The normalized spacial score (nSPS) is 11.0. The highest BCUT2D eigenvalue weighted by Crippen LogP contribution is 2.10. The van der Waals surface area contributed by atoms with Crippen LogP contribution in [-0.2, 0) is 14.4 Å². The second kappa shape index (κ2) is 8.95. The number of carbonyl (C=O) groups is 3. The first-order chi connectivity index (χ1) is 11.3. The lowest BCUT2D eigenvalue weighted by molar-refractivity contribution is -0.137. The van der Waals surface area contributed by atoms with Gasteiger partial charge in [0, 0.05) is 24.1 Å². The van der Waals surface area contributed by atoms with E-state index in [4.69, 9.17) is 22.7 Å². The van der Waals surface area contributed by atoms with Crippen LogP contribution in [0.2, 0.25) is 0 Å². The predicted molar refractivity (Wildman–Crippen MR) is 88.3 cm³/mol. The van der Waals surface area contributed by atoms with Crippen LogP contribution in [0.1, 0.15) is 24.8 Å². The zero-order valence-corrected chi connectivity index (χ0v) is 12.8. The first kappa shape index (κ1) is 18.7. The van der Waals surface area contributed by atoms with Crippen molar-refractivity contribution in [1.82, 2.24) is 5.32 Å². The van der Waals surface area contributed by atoms with Crippen molar-refractivity contribution in [3.63, 3.8) is 0 Å². The molecule has 0 aliphatic heterocycles. The van der Waals surface area contributed by atoms with E-state index in [0.29, 0.717) is 11.3 Å². The van der Waals surface area contributed by atoms with Gasteiger partial charge < -0.3 is 21.5 Å². The van der Waals surface area contributed by atoms with E-state index in [1.807, 2.05) is 0 Å². The Hall–Kier alpha value is -3.34. The van der Waals surface area contributed by atoms with Gasteiger partial charge in [0.05, 0.1) is 6.42 Å². The number of aliphatic carboxylic acids is 1. The minimum absolute atomic E-state index is 0.0750. The van der Waals surface area contributed by atoms with Crippen LogP contribution in [0.25, 0.3) is 0 Å². The van der Waals surface area contributed by atoms with E-state index in [1.165, 1.54) is 0 Å². The Balaban J connectivity index is 2.42. The average molecular weight is 330 g/mol. The Labute approximate surface area is 138 Å². The lowest BCUT2D eigenvalue weighted by Gasteiger charge is -2.11. The van der Waals surface area contributed by atoms with Crippen molar-refractivity contribution >= 4 is 29.3 Å². The summed E-state index contributed by atoms with van der Waals surface area (Å²) in [6.45, 7) is 0. The Morgan fingerprint density at radius 3 is 2.29 bits per heavy atom. The van der Waals surface area contributed by atoms with Gasteiger partial charge in [0.25, 0.3) is 0 Å². The molecule has 6 N–H and O–H groups in total. The second-order valence-corrected chi connectivity index (χ2v) is 4.92. The number of rotatable bonds is 8. The number of terminal acetylenes is 1. The van der Waals surface area contributed by atoms with Crippen LogP contribution in [0, 0.1) is 17.8 Å². The quantitative estimate of drug-likeness (QED) is 0.264. The third-order valence-electron chi connectivity index (χ3n) is 2.97. The van der Waals surface area contributed by atoms with Crippen LogP contribution in [0.3, 0.4) is 0 Å². The zero-order chi connectivity index (χ0) is 18.1. The van der Waals surface area contributed by atoms with E-state index in [9.17, 15) is 14.4 Å². The topological polar surface area (TPSA) is 145 Å². The van der Waals surface area contributed by atoms with Gasteiger partial charge in [-0.3, -0.25) is 19.8 Å². The number of amides is 2. The van der Waals surface area contributed by atoms with Gasteiger partial charge in [-0.15, -0.1) is 6.42 Å². The standard InChI is InChI=1S/C16H18N4O4/c1-2-11(9-15(23)24)19-13(21)7-8-14(22)20-12-5-3-10(4-6-12)16(17)18/h1,3-6,11H,7-9H2,(H3,17,18)(H,19,21)(H,20,22)(H,23,24)/t11-/m1/s1. The van der Waals surface area contributed by atoms with E-state index >= 15 is 0 Å². The van der Waals surface area contributed by atoms with Crippen molar-refractivity contribution in [2.45, 2.75) is 25.3 Å². The molecule has 1 aromatic rings. The Bertz CT molecular complexity index is 676. The van der Waals surface area contributed by atoms with Crippen molar-refractivity contribution < 1.29 is 19.5 Å². The molecule has 0 unspecified atom stereocenters. The molecule has 0 bridgehead atoms. The summed E-state index contributed by atoms with van der Waals surface area (Å²) >= 11 is 0.